The van der Waals surface area contributed by atoms with Crippen molar-refractivity contribution in [2.45, 2.75) is 39.0 Å². The van der Waals surface area contributed by atoms with E-state index in [2.05, 4.69) is 13.0 Å². The fourth-order valence-electron chi connectivity index (χ4n) is 1.37. The summed E-state index contributed by atoms with van der Waals surface area (Å²) in [5.41, 5.74) is 1.96. The lowest BCUT2D eigenvalue weighted by atomic mass is 10.2. The fourth-order valence-corrected chi connectivity index (χ4v) is 2.73. The molecule has 0 aromatic carbocycles. The molecule has 0 radical (unpaired) electrons. The maximum atomic E-state index is 5.27. The first-order valence-electron chi connectivity index (χ1n) is 5.57. The zero-order valence-corrected chi connectivity index (χ0v) is 11.4. The topological polar surface area (TPSA) is 27.7 Å². The second-order valence-electron chi connectivity index (χ2n) is 3.47. The van der Waals surface area contributed by atoms with Crippen molar-refractivity contribution >= 4 is 8.80 Å². The van der Waals surface area contributed by atoms with Crippen LogP contribution in [0.2, 0.25) is 0 Å². The second kappa shape index (κ2) is 9.09. The smallest absolute Gasteiger partial charge is 0.374 e. The molecule has 0 N–H and O–H groups in total. The van der Waals surface area contributed by atoms with Gasteiger partial charge in [0, 0.05) is 21.3 Å². The van der Waals surface area contributed by atoms with Gasteiger partial charge in [-0.1, -0.05) is 32.3 Å². The Hall–Kier alpha value is -0.163. The average molecular weight is 232 g/mol. The zero-order chi connectivity index (χ0) is 11.6. The molecule has 3 nitrogen and oxygen atoms in total. The van der Waals surface area contributed by atoms with Gasteiger partial charge in [-0.15, -0.1) is 0 Å². The minimum absolute atomic E-state index is 1.07. The van der Waals surface area contributed by atoms with Crippen LogP contribution in [0.1, 0.15) is 39.0 Å². The van der Waals surface area contributed by atoms with E-state index in [4.69, 9.17) is 13.3 Å². The largest absolute Gasteiger partial charge is 0.528 e. The van der Waals surface area contributed by atoms with Crippen LogP contribution in [0, 0.1) is 0 Å². The van der Waals surface area contributed by atoms with Crippen molar-refractivity contribution in [2.24, 2.45) is 0 Å². The highest BCUT2D eigenvalue weighted by molar-refractivity contribution is 6.66. The van der Waals surface area contributed by atoms with Gasteiger partial charge in [-0.3, -0.25) is 0 Å². The van der Waals surface area contributed by atoms with E-state index in [1.807, 2.05) is 5.70 Å². The van der Waals surface area contributed by atoms with Gasteiger partial charge in [-0.2, -0.15) is 0 Å². The van der Waals surface area contributed by atoms with Gasteiger partial charge in [0.05, 0.1) is 0 Å². The van der Waals surface area contributed by atoms with Crippen LogP contribution in [0.5, 0.6) is 0 Å². The van der Waals surface area contributed by atoms with Crippen molar-refractivity contribution in [1.82, 2.24) is 0 Å². The van der Waals surface area contributed by atoms with Crippen molar-refractivity contribution < 1.29 is 13.3 Å². The van der Waals surface area contributed by atoms with Gasteiger partial charge < -0.3 is 13.3 Å². The summed E-state index contributed by atoms with van der Waals surface area (Å²) >= 11 is 0. The molecule has 90 valence electrons. The first-order chi connectivity index (χ1) is 7.24. The molecule has 0 aliphatic heterocycles. The Morgan fingerprint density at radius 2 is 1.53 bits per heavy atom. The minimum Gasteiger partial charge on any atom is -0.374 e. The SMILES string of the molecule is CCCCCCC=C[Si](OC)(OC)OC. The van der Waals surface area contributed by atoms with Crippen LogP contribution in [0.15, 0.2) is 11.8 Å². The van der Waals surface area contributed by atoms with Gasteiger partial charge in [0.1, 0.15) is 0 Å². The normalized spacial score (nSPS) is 12.5. The minimum atomic E-state index is -2.47. The van der Waals surface area contributed by atoms with E-state index in [9.17, 15) is 0 Å². The Kier molecular flexibility index (Phi) is 8.99. The van der Waals surface area contributed by atoms with Crippen molar-refractivity contribution in [3.05, 3.63) is 11.8 Å². The van der Waals surface area contributed by atoms with Crippen molar-refractivity contribution in [2.75, 3.05) is 21.3 Å². The summed E-state index contributed by atoms with van der Waals surface area (Å²) in [6.07, 6.45) is 8.30. The lowest BCUT2D eigenvalue weighted by molar-refractivity contribution is 0.138. The molecule has 0 aliphatic rings. The van der Waals surface area contributed by atoms with Gasteiger partial charge in [0.15, 0.2) is 0 Å². The molecule has 4 heteroatoms. The average Bonchev–Trinajstić information content (AvgIpc) is 2.29. The summed E-state index contributed by atoms with van der Waals surface area (Å²) in [5, 5.41) is 0. The summed E-state index contributed by atoms with van der Waals surface area (Å²) in [6, 6.07) is 0. The van der Waals surface area contributed by atoms with Crippen molar-refractivity contribution in [3.8, 4) is 0 Å². The standard InChI is InChI=1S/C11H24O3Si/c1-5-6-7-8-9-10-11-15(12-2,13-3)14-4/h10-11H,5-9H2,1-4H3. The van der Waals surface area contributed by atoms with E-state index in [1.54, 1.807) is 21.3 Å². The van der Waals surface area contributed by atoms with Crippen molar-refractivity contribution in [3.63, 3.8) is 0 Å². The molecule has 0 spiro atoms. The van der Waals surface area contributed by atoms with E-state index in [-0.39, 0.29) is 0 Å². The van der Waals surface area contributed by atoms with Crippen LogP contribution < -0.4 is 0 Å². The summed E-state index contributed by atoms with van der Waals surface area (Å²) in [5.74, 6) is 0. The lowest BCUT2D eigenvalue weighted by Gasteiger charge is -2.20. The van der Waals surface area contributed by atoms with E-state index < -0.39 is 8.80 Å². The van der Waals surface area contributed by atoms with E-state index in [0.717, 1.165) is 6.42 Å². The van der Waals surface area contributed by atoms with Crippen LogP contribution in [0.25, 0.3) is 0 Å². The highest BCUT2D eigenvalue weighted by Gasteiger charge is 2.33. The third kappa shape index (κ3) is 6.09. The van der Waals surface area contributed by atoms with Gasteiger partial charge >= 0.3 is 8.80 Å². The molecule has 0 aliphatic carbocycles. The summed E-state index contributed by atoms with van der Waals surface area (Å²) in [7, 11) is 2.41. The van der Waals surface area contributed by atoms with Crippen LogP contribution in [-0.4, -0.2) is 30.1 Å². The number of hydrogen-bond acceptors (Lipinski definition) is 3. The van der Waals surface area contributed by atoms with E-state index in [0.29, 0.717) is 0 Å². The Balaban J connectivity index is 3.80. The zero-order valence-electron chi connectivity index (χ0n) is 10.4. The summed E-state index contributed by atoms with van der Waals surface area (Å²) in [4.78, 5) is 0. The van der Waals surface area contributed by atoms with E-state index >= 15 is 0 Å². The van der Waals surface area contributed by atoms with Crippen LogP contribution >= 0.6 is 0 Å². The predicted molar refractivity (Wildman–Crippen MR) is 64.7 cm³/mol. The Morgan fingerprint density at radius 1 is 0.933 bits per heavy atom. The molecule has 0 aromatic heterocycles. The molecular formula is C11H24O3Si. The Morgan fingerprint density at radius 3 is 2.00 bits per heavy atom. The van der Waals surface area contributed by atoms with Gasteiger partial charge in [-0.25, -0.2) is 0 Å². The highest BCUT2D eigenvalue weighted by Crippen LogP contribution is 2.09. The number of rotatable bonds is 9. The maximum Gasteiger partial charge on any atom is 0.528 e. The first kappa shape index (κ1) is 14.8. The molecule has 0 atom stereocenters. The molecule has 0 rings (SSSR count). The molecule has 0 amide bonds. The third-order valence-corrected chi connectivity index (χ3v) is 4.75. The maximum absolute atomic E-state index is 5.27. The van der Waals surface area contributed by atoms with Crippen LogP contribution in [0.3, 0.4) is 0 Å². The van der Waals surface area contributed by atoms with Gasteiger partial charge in [0.2, 0.25) is 0 Å². The van der Waals surface area contributed by atoms with Crippen molar-refractivity contribution in [1.29, 1.82) is 0 Å². The monoisotopic (exact) mass is 232 g/mol. The summed E-state index contributed by atoms with van der Waals surface area (Å²) < 4.78 is 15.8. The molecule has 0 bridgehead atoms. The fraction of sp³-hybridized carbons (Fsp3) is 0.818. The molecule has 0 saturated carbocycles. The molecule has 0 unspecified atom stereocenters. The molecule has 0 aromatic rings. The Labute approximate surface area is 94.8 Å². The lowest BCUT2D eigenvalue weighted by Crippen LogP contribution is -2.40. The highest BCUT2D eigenvalue weighted by atomic mass is 28.4. The molecule has 0 heterocycles. The van der Waals surface area contributed by atoms with Crippen LogP contribution in [0.4, 0.5) is 0 Å². The molecular weight excluding hydrogens is 208 g/mol. The number of allylic oxidation sites excluding steroid dienone is 1. The van der Waals surface area contributed by atoms with E-state index in [1.165, 1.54) is 25.7 Å². The number of unbranched alkanes of at least 4 members (excludes halogenated alkanes) is 4. The summed E-state index contributed by atoms with van der Waals surface area (Å²) in [6.45, 7) is 2.22. The van der Waals surface area contributed by atoms with Crippen LogP contribution in [-0.2, 0) is 13.3 Å². The Bertz CT molecular complexity index is 159. The van der Waals surface area contributed by atoms with Gasteiger partial charge in [-0.05, 0) is 18.5 Å². The second-order valence-corrected chi connectivity index (χ2v) is 6.23. The quantitative estimate of drug-likeness (QED) is 0.452. The predicted octanol–water partition coefficient (Wildman–Crippen LogP) is 2.93. The molecule has 0 fully saturated rings. The first-order valence-corrected chi connectivity index (χ1v) is 7.38. The molecule has 0 saturated heterocycles. The third-order valence-electron chi connectivity index (χ3n) is 2.40. The number of hydrogen-bond donors (Lipinski definition) is 0. The molecule has 15 heavy (non-hydrogen) atoms. The van der Waals surface area contributed by atoms with Gasteiger partial charge in [0.25, 0.3) is 0 Å².